The molecule has 0 atom stereocenters. The Morgan fingerprint density at radius 3 is 2.19 bits per heavy atom. The molecule has 0 unspecified atom stereocenters. The zero-order valence-electron chi connectivity index (χ0n) is 20.3. The maximum absolute atomic E-state index is 13.3. The van der Waals surface area contributed by atoms with Crippen molar-refractivity contribution in [3.05, 3.63) is 102 Å². The van der Waals surface area contributed by atoms with E-state index in [-0.39, 0.29) is 0 Å². The Hall–Kier alpha value is -3.39. The first kappa shape index (κ1) is 24.3. The van der Waals surface area contributed by atoms with Crippen LogP contribution in [0, 0.1) is 0 Å². The maximum Gasteiger partial charge on any atom is 0.243 e. The van der Waals surface area contributed by atoms with Crippen LogP contribution < -0.4 is 9.47 Å². The van der Waals surface area contributed by atoms with E-state index in [9.17, 15) is 8.42 Å². The fraction of sp³-hybridized carbons (Fsp3) is 0.241. The van der Waals surface area contributed by atoms with E-state index in [1.54, 1.807) is 23.5 Å². The van der Waals surface area contributed by atoms with Gasteiger partial charge in [0.05, 0.1) is 12.0 Å². The number of methoxy groups -OCH3 is 1. The molecule has 0 radical (unpaired) electrons. The van der Waals surface area contributed by atoms with E-state index in [1.807, 2.05) is 78.9 Å². The number of benzene rings is 4. The van der Waals surface area contributed by atoms with Crippen molar-refractivity contribution in [1.82, 2.24) is 9.21 Å². The van der Waals surface area contributed by atoms with Crippen molar-refractivity contribution in [2.45, 2.75) is 18.0 Å². The van der Waals surface area contributed by atoms with Gasteiger partial charge < -0.3 is 9.47 Å². The molecule has 186 valence electrons. The first-order chi connectivity index (χ1) is 17.5. The minimum absolute atomic E-state index is 0.352. The molecule has 1 aliphatic rings. The van der Waals surface area contributed by atoms with Crippen molar-refractivity contribution in [3.63, 3.8) is 0 Å². The Balaban J connectivity index is 1.22. The first-order valence-corrected chi connectivity index (χ1v) is 13.5. The van der Waals surface area contributed by atoms with Gasteiger partial charge in [-0.15, -0.1) is 0 Å². The van der Waals surface area contributed by atoms with Gasteiger partial charge in [0.1, 0.15) is 6.61 Å². The number of nitrogens with zero attached hydrogens (tertiary/aromatic N) is 2. The summed E-state index contributed by atoms with van der Waals surface area (Å²) in [5, 5.41) is 1.97. The zero-order valence-corrected chi connectivity index (χ0v) is 21.2. The van der Waals surface area contributed by atoms with Crippen LogP contribution in [-0.4, -0.2) is 50.9 Å². The van der Waals surface area contributed by atoms with Crippen LogP contribution in [-0.2, 0) is 23.2 Å². The minimum atomic E-state index is -3.53. The van der Waals surface area contributed by atoms with Gasteiger partial charge in [0.15, 0.2) is 11.5 Å². The summed E-state index contributed by atoms with van der Waals surface area (Å²) in [6, 6.07) is 29.2. The van der Waals surface area contributed by atoms with Gasteiger partial charge in [0, 0.05) is 32.7 Å². The normalized spacial score (nSPS) is 15.1. The van der Waals surface area contributed by atoms with Gasteiger partial charge in [-0.25, -0.2) is 8.42 Å². The van der Waals surface area contributed by atoms with E-state index in [2.05, 4.69) is 4.90 Å². The molecule has 0 saturated carbocycles. The number of hydrogen-bond donors (Lipinski definition) is 0. The van der Waals surface area contributed by atoms with Gasteiger partial charge in [-0.2, -0.15) is 4.31 Å². The highest BCUT2D eigenvalue weighted by Crippen LogP contribution is 2.30. The molecule has 0 N–H and O–H groups in total. The molecule has 0 spiro atoms. The molecule has 0 aliphatic carbocycles. The van der Waals surface area contributed by atoms with Gasteiger partial charge in [0.25, 0.3) is 0 Å². The third kappa shape index (κ3) is 5.38. The SMILES string of the molecule is COc1ccc(CN2CCN(S(=O)(=O)c3ccc4ccccc4c3)CC2)cc1OCc1ccccc1. The van der Waals surface area contributed by atoms with Crippen LogP contribution in [0.2, 0.25) is 0 Å². The van der Waals surface area contributed by atoms with E-state index in [1.165, 1.54) is 0 Å². The van der Waals surface area contributed by atoms with Crippen LogP contribution in [0.5, 0.6) is 11.5 Å². The summed E-state index contributed by atoms with van der Waals surface area (Å²) < 4.78 is 39.7. The lowest BCUT2D eigenvalue weighted by molar-refractivity contribution is 0.181. The van der Waals surface area contributed by atoms with Crippen molar-refractivity contribution < 1.29 is 17.9 Å². The molecule has 36 heavy (non-hydrogen) atoms. The molecule has 0 bridgehead atoms. The number of ether oxygens (including phenoxy) is 2. The second kappa shape index (κ2) is 10.7. The van der Waals surface area contributed by atoms with Crippen molar-refractivity contribution >= 4 is 20.8 Å². The Morgan fingerprint density at radius 2 is 1.44 bits per heavy atom. The highest BCUT2D eigenvalue weighted by atomic mass is 32.2. The van der Waals surface area contributed by atoms with Gasteiger partial charge in [-0.05, 0) is 46.2 Å². The van der Waals surface area contributed by atoms with Crippen LogP contribution in [0.3, 0.4) is 0 Å². The average molecular weight is 503 g/mol. The monoisotopic (exact) mass is 502 g/mol. The molecule has 1 fully saturated rings. The molecular formula is C29H30N2O4S. The molecule has 0 aromatic heterocycles. The molecule has 1 aliphatic heterocycles. The summed E-state index contributed by atoms with van der Waals surface area (Å²) in [7, 11) is -1.89. The van der Waals surface area contributed by atoms with Crippen molar-refractivity contribution in [2.75, 3.05) is 33.3 Å². The smallest absolute Gasteiger partial charge is 0.243 e. The summed E-state index contributed by atoms with van der Waals surface area (Å²) in [6.07, 6.45) is 0. The van der Waals surface area contributed by atoms with Crippen LogP contribution in [0.15, 0.2) is 95.9 Å². The predicted octanol–water partition coefficient (Wildman–Crippen LogP) is 4.93. The molecular weight excluding hydrogens is 472 g/mol. The molecule has 0 amide bonds. The topological polar surface area (TPSA) is 59.1 Å². The third-order valence-corrected chi connectivity index (χ3v) is 8.46. The van der Waals surface area contributed by atoms with Gasteiger partial charge in [-0.1, -0.05) is 66.7 Å². The van der Waals surface area contributed by atoms with E-state index in [0.29, 0.717) is 49.2 Å². The molecule has 5 rings (SSSR count). The standard InChI is InChI=1S/C29H30N2O4S/c1-34-28-14-11-24(19-29(28)35-22-23-7-3-2-4-8-23)21-30-15-17-31(18-16-30)36(32,33)27-13-12-25-9-5-6-10-26(25)20-27/h2-14,19-20H,15-18,21-22H2,1H3. The Labute approximate surface area is 212 Å². The largest absolute Gasteiger partial charge is 0.493 e. The minimum Gasteiger partial charge on any atom is -0.493 e. The van der Waals surface area contributed by atoms with E-state index >= 15 is 0 Å². The van der Waals surface area contributed by atoms with Gasteiger partial charge in [-0.3, -0.25) is 4.90 Å². The van der Waals surface area contributed by atoms with E-state index in [4.69, 9.17) is 9.47 Å². The lowest BCUT2D eigenvalue weighted by atomic mass is 10.1. The van der Waals surface area contributed by atoms with Crippen molar-refractivity contribution in [3.8, 4) is 11.5 Å². The molecule has 6 nitrogen and oxygen atoms in total. The molecule has 4 aromatic carbocycles. The summed E-state index contributed by atoms with van der Waals surface area (Å²) in [4.78, 5) is 2.62. The second-order valence-electron chi connectivity index (χ2n) is 8.95. The van der Waals surface area contributed by atoms with Crippen LogP contribution in [0.25, 0.3) is 10.8 Å². The van der Waals surface area contributed by atoms with Crippen LogP contribution in [0.1, 0.15) is 11.1 Å². The Kier molecular flexibility index (Phi) is 7.23. The fourth-order valence-corrected chi connectivity index (χ4v) is 5.99. The quantitative estimate of drug-likeness (QED) is 0.342. The number of sulfonamides is 1. The maximum atomic E-state index is 13.3. The van der Waals surface area contributed by atoms with Crippen molar-refractivity contribution in [2.24, 2.45) is 0 Å². The van der Waals surface area contributed by atoms with Gasteiger partial charge >= 0.3 is 0 Å². The van der Waals surface area contributed by atoms with Crippen LogP contribution in [0.4, 0.5) is 0 Å². The van der Waals surface area contributed by atoms with Crippen molar-refractivity contribution in [1.29, 1.82) is 0 Å². The number of hydrogen-bond acceptors (Lipinski definition) is 5. The average Bonchev–Trinajstić information content (AvgIpc) is 2.92. The Morgan fingerprint density at radius 1 is 0.722 bits per heavy atom. The molecule has 4 aromatic rings. The van der Waals surface area contributed by atoms with Crippen LogP contribution >= 0.6 is 0 Å². The van der Waals surface area contributed by atoms with E-state index < -0.39 is 10.0 Å². The molecule has 7 heteroatoms. The Bertz CT molecular complexity index is 1430. The number of fused-ring (bicyclic) bond motifs is 1. The first-order valence-electron chi connectivity index (χ1n) is 12.1. The highest BCUT2D eigenvalue weighted by molar-refractivity contribution is 7.89. The van der Waals surface area contributed by atoms with Gasteiger partial charge in [0.2, 0.25) is 10.0 Å². The number of rotatable bonds is 8. The summed E-state index contributed by atoms with van der Waals surface area (Å²) in [5.41, 5.74) is 2.19. The summed E-state index contributed by atoms with van der Waals surface area (Å²) in [6.45, 7) is 3.44. The fourth-order valence-electron chi connectivity index (χ4n) is 4.53. The lowest BCUT2D eigenvalue weighted by Crippen LogP contribution is -2.48. The third-order valence-electron chi connectivity index (χ3n) is 6.56. The zero-order chi connectivity index (χ0) is 25.0. The second-order valence-corrected chi connectivity index (χ2v) is 10.9. The highest BCUT2D eigenvalue weighted by Gasteiger charge is 2.28. The molecule has 1 saturated heterocycles. The number of piperazine rings is 1. The summed E-state index contributed by atoms with van der Waals surface area (Å²) in [5.74, 6) is 1.40. The predicted molar refractivity (Wildman–Crippen MR) is 142 cm³/mol. The summed E-state index contributed by atoms with van der Waals surface area (Å²) >= 11 is 0. The van der Waals surface area contributed by atoms with E-state index in [0.717, 1.165) is 28.4 Å². The molecule has 1 heterocycles. The lowest BCUT2D eigenvalue weighted by Gasteiger charge is -2.34.